The number of hydrogen-bond donors (Lipinski definition) is 0. The normalized spacial score (nSPS) is 12.8. The van der Waals surface area contributed by atoms with Gasteiger partial charge in [-0.25, -0.2) is 13.2 Å². The van der Waals surface area contributed by atoms with Gasteiger partial charge in [0.05, 0.1) is 5.56 Å². The Balaban J connectivity index is 2.83. The molecule has 2 rings (SSSR count). The van der Waals surface area contributed by atoms with Crippen LogP contribution in [0, 0.1) is 12.7 Å². The number of aryl methyl sites for hydroxylation is 1. The molecule has 10 heteroatoms. The lowest BCUT2D eigenvalue weighted by Crippen LogP contribution is -2.28. The van der Waals surface area contributed by atoms with Crippen molar-refractivity contribution in [2.24, 2.45) is 0 Å². The molecule has 0 heterocycles. The Hall–Kier alpha value is -1.97. The molecule has 0 radical (unpaired) electrons. The van der Waals surface area contributed by atoms with E-state index in [2.05, 4.69) is 4.18 Å². The van der Waals surface area contributed by atoms with E-state index in [0.29, 0.717) is 11.6 Å². The van der Waals surface area contributed by atoms with Gasteiger partial charge in [0.25, 0.3) is 6.43 Å². The molecular weight excluding hydrogens is 374 g/mol. The number of benzene rings is 2. The number of hydrogen-bond acceptors (Lipinski definition) is 3. The summed E-state index contributed by atoms with van der Waals surface area (Å²) in [6.07, 6.45) is -3.05. The summed E-state index contributed by atoms with van der Waals surface area (Å²) in [7, 11) is -6.00. The maximum atomic E-state index is 13.8. The Bertz CT molecular complexity index is 919. The number of fused-ring (bicyclic) bond motifs is 1. The average Bonchev–Trinajstić information content (AvgIpc) is 2.46. The molecule has 0 aliphatic heterocycles. The van der Waals surface area contributed by atoms with Crippen molar-refractivity contribution in [2.45, 2.75) is 32.2 Å². The summed E-state index contributed by atoms with van der Waals surface area (Å²) in [6.45, 7) is 2.99. The van der Waals surface area contributed by atoms with Crippen molar-refractivity contribution in [3.05, 3.63) is 40.7 Å². The van der Waals surface area contributed by atoms with Crippen LogP contribution in [0.25, 0.3) is 10.8 Å². The molecule has 0 unspecified atom stereocenters. The van der Waals surface area contributed by atoms with Crippen LogP contribution in [-0.4, -0.2) is 13.9 Å². The summed E-state index contributed by atoms with van der Waals surface area (Å²) in [5.41, 5.74) is -6.20. The van der Waals surface area contributed by atoms with Crippen molar-refractivity contribution in [3.8, 4) is 5.75 Å². The van der Waals surface area contributed by atoms with Crippen LogP contribution in [0.5, 0.6) is 5.75 Å². The molecule has 0 bridgehead atoms. The SMILES string of the molecule is CCc1c(C)cc2cc(C(F)F)c(F)cc2c1OS(=O)(=O)C(F)(F)F. The second kappa shape index (κ2) is 6.40. The third-order valence-corrected chi connectivity index (χ3v) is 4.55. The Morgan fingerprint density at radius 3 is 2.24 bits per heavy atom. The molecule has 0 aromatic heterocycles. The zero-order valence-electron chi connectivity index (χ0n) is 12.9. The quantitative estimate of drug-likeness (QED) is 0.421. The minimum atomic E-state index is -6.00. The Morgan fingerprint density at radius 1 is 1.16 bits per heavy atom. The molecule has 0 atom stereocenters. The molecule has 2 aromatic rings. The van der Waals surface area contributed by atoms with Crippen LogP contribution in [0.3, 0.4) is 0 Å². The van der Waals surface area contributed by atoms with Crippen LogP contribution in [0.4, 0.5) is 26.3 Å². The van der Waals surface area contributed by atoms with Gasteiger partial charge >= 0.3 is 15.6 Å². The topological polar surface area (TPSA) is 43.4 Å². The van der Waals surface area contributed by atoms with Crippen LogP contribution < -0.4 is 4.18 Å². The van der Waals surface area contributed by atoms with Gasteiger partial charge in [-0.2, -0.15) is 21.6 Å². The number of alkyl halides is 5. The van der Waals surface area contributed by atoms with Gasteiger partial charge in [0.2, 0.25) is 0 Å². The summed E-state index contributed by atoms with van der Waals surface area (Å²) in [4.78, 5) is 0. The molecule has 3 nitrogen and oxygen atoms in total. The summed E-state index contributed by atoms with van der Waals surface area (Å²) in [6, 6.07) is 2.66. The fourth-order valence-corrected chi connectivity index (χ4v) is 2.95. The maximum absolute atomic E-state index is 13.8. The zero-order valence-corrected chi connectivity index (χ0v) is 13.7. The van der Waals surface area contributed by atoms with E-state index in [0.717, 1.165) is 6.07 Å². The molecular formula is C15H12F6O3S. The van der Waals surface area contributed by atoms with Crippen LogP contribution in [0.2, 0.25) is 0 Å². The van der Waals surface area contributed by atoms with Crippen LogP contribution in [0.1, 0.15) is 30.0 Å². The largest absolute Gasteiger partial charge is 0.534 e. The first-order chi connectivity index (χ1) is 11.4. The van der Waals surface area contributed by atoms with Crippen LogP contribution in [-0.2, 0) is 16.5 Å². The highest BCUT2D eigenvalue weighted by atomic mass is 32.2. The van der Waals surface area contributed by atoms with Gasteiger partial charge in [-0.3, -0.25) is 0 Å². The van der Waals surface area contributed by atoms with E-state index in [9.17, 15) is 34.8 Å². The standard InChI is InChI=1S/C15H12F6O3S/c1-3-9-7(2)4-8-5-11(14(17)18)12(16)6-10(8)13(9)24-25(22,23)15(19,20)21/h4-6,14H,3H2,1-2H3. The van der Waals surface area contributed by atoms with Crippen molar-refractivity contribution in [2.75, 3.05) is 0 Å². The minimum absolute atomic E-state index is 0.0567. The maximum Gasteiger partial charge on any atom is 0.534 e. The highest BCUT2D eigenvalue weighted by Crippen LogP contribution is 2.39. The van der Waals surface area contributed by atoms with E-state index in [1.165, 1.54) is 19.9 Å². The summed E-state index contributed by atoms with van der Waals surface area (Å²) in [5, 5.41) is -0.393. The van der Waals surface area contributed by atoms with Gasteiger partial charge in [0.1, 0.15) is 5.82 Å². The van der Waals surface area contributed by atoms with Crippen molar-refractivity contribution in [1.29, 1.82) is 0 Å². The predicted molar refractivity (Wildman–Crippen MR) is 78.6 cm³/mol. The lowest BCUT2D eigenvalue weighted by Gasteiger charge is -2.17. The van der Waals surface area contributed by atoms with Crippen molar-refractivity contribution < 1.29 is 38.9 Å². The second-order valence-corrected chi connectivity index (χ2v) is 6.77. The molecule has 0 N–H and O–H groups in total. The number of rotatable bonds is 4. The van der Waals surface area contributed by atoms with Gasteiger partial charge in [-0.15, -0.1) is 0 Å². The van der Waals surface area contributed by atoms with E-state index in [-0.39, 0.29) is 22.8 Å². The van der Waals surface area contributed by atoms with Gasteiger partial charge in [0, 0.05) is 5.39 Å². The molecule has 0 aliphatic carbocycles. The van der Waals surface area contributed by atoms with Crippen molar-refractivity contribution in [1.82, 2.24) is 0 Å². The van der Waals surface area contributed by atoms with Gasteiger partial charge < -0.3 is 4.18 Å². The Kier molecular flexibility index (Phi) is 4.95. The summed E-state index contributed by atoms with van der Waals surface area (Å²) < 4.78 is 104. The van der Waals surface area contributed by atoms with Crippen molar-refractivity contribution in [3.63, 3.8) is 0 Å². The monoisotopic (exact) mass is 386 g/mol. The lowest BCUT2D eigenvalue weighted by molar-refractivity contribution is -0.0499. The first-order valence-corrected chi connectivity index (χ1v) is 8.34. The van der Waals surface area contributed by atoms with E-state index >= 15 is 0 Å². The highest BCUT2D eigenvalue weighted by molar-refractivity contribution is 7.88. The van der Waals surface area contributed by atoms with Crippen LogP contribution >= 0.6 is 0 Å². The molecule has 0 saturated heterocycles. The molecule has 0 aliphatic rings. The molecule has 2 aromatic carbocycles. The number of halogens is 6. The molecule has 25 heavy (non-hydrogen) atoms. The summed E-state index contributed by atoms with van der Waals surface area (Å²) >= 11 is 0. The molecule has 0 saturated carbocycles. The van der Waals surface area contributed by atoms with E-state index < -0.39 is 39.2 Å². The summed E-state index contributed by atoms with van der Waals surface area (Å²) in [5.74, 6) is -2.09. The first kappa shape index (κ1) is 19.4. The third-order valence-electron chi connectivity index (χ3n) is 3.60. The molecule has 0 fully saturated rings. The average molecular weight is 386 g/mol. The highest BCUT2D eigenvalue weighted by Gasteiger charge is 2.49. The fourth-order valence-electron chi connectivity index (χ4n) is 2.44. The van der Waals surface area contributed by atoms with E-state index in [1.807, 2.05) is 0 Å². The third kappa shape index (κ3) is 3.53. The van der Waals surface area contributed by atoms with Gasteiger partial charge in [-0.1, -0.05) is 13.0 Å². The molecule has 0 spiro atoms. The lowest BCUT2D eigenvalue weighted by atomic mass is 9.97. The Labute approximate surface area is 139 Å². The van der Waals surface area contributed by atoms with Gasteiger partial charge in [0.15, 0.2) is 5.75 Å². The fraction of sp³-hybridized carbons (Fsp3) is 0.333. The van der Waals surface area contributed by atoms with Crippen molar-refractivity contribution >= 4 is 20.9 Å². The smallest absolute Gasteiger partial charge is 0.375 e. The zero-order chi connectivity index (χ0) is 19.2. The van der Waals surface area contributed by atoms with E-state index in [4.69, 9.17) is 0 Å². The Morgan fingerprint density at radius 2 is 1.76 bits per heavy atom. The van der Waals surface area contributed by atoms with E-state index in [1.54, 1.807) is 0 Å². The molecule has 138 valence electrons. The first-order valence-electron chi connectivity index (χ1n) is 6.93. The molecule has 0 amide bonds. The predicted octanol–water partition coefficient (Wildman–Crippen LogP) is 5.02. The minimum Gasteiger partial charge on any atom is -0.375 e. The second-order valence-electron chi connectivity index (χ2n) is 5.23. The van der Waals surface area contributed by atoms with Gasteiger partial charge in [-0.05, 0) is 42.0 Å². The van der Waals surface area contributed by atoms with Crippen LogP contribution in [0.15, 0.2) is 18.2 Å².